The molecule has 0 aliphatic carbocycles. The van der Waals surface area contributed by atoms with Gasteiger partial charge in [-0.05, 0) is 37.3 Å². The zero-order valence-corrected chi connectivity index (χ0v) is 14.0. The molecule has 1 heterocycles. The van der Waals surface area contributed by atoms with Crippen LogP contribution in [0.3, 0.4) is 0 Å². The van der Waals surface area contributed by atoms with Crippen LogP contribution in [0.15, 0.2) is 48.5 Å². The second-order valence-electron chi connectivity index (χ2n) is 5.70. The number of hydrogen-bond acceptors (Lipinski definition) is 3. The van der Waals surface area contributed by atoms with E-state index in [1.54, 1.807) is 14.0 Å². The van der Waals surface area contributed by atoms with Crippen LogP contribution in [0.4, 0.5) is 17.6 Å². The molecule has 0 saturated heterocycles. The average Bonchev–Trinajstić information content (AvgIpc) is 2.98. The van der Waals surface area contributed by atoms with Crippen molar-refractivity contribution in [2.45, 2.75) is 19.2 Å². The molecule has 0 spiro atoms. The molecule has 3 aromatic rings. The second-order valence-corrected chi connectivity index (χ2v) is 5.70. The van der Waals surface area contributed by atoms with Gasteiger partial charge in [0.15, 0.2) is 17.8 Å². The predicted molar refractivity (Wildman–Crippen MR) is 86.9 cm³/mol. The van der Waals surface area contributed by atoms with Crippen molar-refractivity contribution in [3.8, 4) is 17.1 Å². The van der Waals surface area contributed by atoms with E-state index in [1.165, 1.54) is 47.0 Å². The average molecular weight is 365 g/mol. The molecule has 0 fully saturated rings. The molecule has 4 nitrogen and oxygen atoms in total. The Morgan fingerprint density at radius 1 is 1.00 bits per heavy atom. The standard InChI is InChI=1S/C18H15F4N3O/c1-11(26-13-9-7-12(19)8-10-13)16-23-24-17(25(16)2)14-5-3-4-6-15(14)18(20,21)22/h3-11H,1-2H3/t11-/m0/s1. The molecule has 1 atom stereocenters. The first-order valence-corrected chi connectivity index (χ1v) is 7.75. The van der Waals surface area contributed by atoms with Crippen LogP contribution in [0.2, 0.25) is 0 Å². The molecule has 0 N–H and O–H groups in total. The van der Waals surface area contributed by atoms with Gasteiger partial charge in [0.25, 0.3) is 0 Å². The summed E-state index contributed by atoms with van der Waals surface area (Å²) in [6.45, 7) is 1.69. The van der Waals surface area contributed by atoms with Crippen LogP contribution in [-0.4, -0.2) is 14.8 Å². The Morgan fingerprint density at radius 3 is 2.31 bits per heavy atom. The molecule has 0 radical (unpaired) electrons. The Kier molecular flexibility index (Phi) is 4.67. The minimum atomic E-state index is -4.50. The van der Waals surface area contributed by atoms with Gasteiger partial charge < -0.3 is 9.30 Å². The van der Waals surface area contributed by atoms with Crippen LogP contribution in [-0.2, 0) is 13.2 Å². The fourth-order valence-corrected chi connectivity index (χ4v) is 2.63. The largest absolute Gasteiger partial charge is 0.483 e. The minimum absolute atomic E-state index is 0.0600. The maximum absolute atomic E-state index is 13.2. The first-order chi connectivity index (χ1) is 12.3. The Hall–Kier alpha value is -2.90. The van der Waals surface area contributed by atoms with E-state index in [-0.39, 0.29) is 11.4 Å². The van der Waals surface area contributed by atoms with E-state index in [4.69, 9.17) is 4.74 Å². The third kappa shape index (κ3) is 3.54. The van der Waals surface area contributed by atoms with Gasteiger partial charge in [0.1, 0.15) is 11.6 Å². The van der Waals surface area contributed by atoms with Crippen molar-refractivity contribution >= 4 is 0 Å². The minimum Gasteiger partial charge on any atom is -0.483 e. The van der Waals surface area contributed by atoms with Crippen molar-refractivity contribution in [1.29, 1.82) is 0 Å². The van der Waals surface area contributed by atoms with Gasteiger partial charge in [0, 0.05) is 12.6 Å². The zero-order valence-electron chi connectivity index (χ0n) is 14.0. The van der Waals surface area contributed by atoms with E-state index >= 15 is 0 Å². The monoisotopic (exact) mass is 365 g/mol. The van der Waals surface area contributed by atoms with Crippen LogP contribution in [0, 0.1) is 5.82 Å². The molecule has 0 unspecified atom stereocenters. The van der Waals surface area contributed by atoms with E-state index in [1.807, 2.05) is 0 Å². The molecule has 0 saturated carbocycles. The first kappa shape index (κ1) is 17.9. The highest BCUT2D eigenvalue weighted by atomic mass is 19.4. The molecular formula is C18H15F4N3O. The van der Waals surface area contributed by atoms with Gasteiger partial charge in [-0.3, -0.25) is 0 Å². The summed E-state index contributed by atoms with van der Waals surface area (Å²) in [4.78, 5) is 0. The number of nitrogens with zero attached hydrogens (tertiary/aromatic N) is 3. The third-order valence-electron chi connectivity index (χ3n) is 3.87. The summed E-state index contributed by atoms with van der Waals surface area (Å²) < 4.78 is 59.8. The Morgan fingerprint density at radius 2 is 1.65 bits per heavy atom. The van der Waals surface area contributed by atoms with Gasteiger partial charge in [0.2, 0.25) is 0 Å². The topological polar surface area (TPSA) is 39.9 Å². The number of hydrogen-bond donors (Lipinski definition) is 0. The number of halogens is 4. The number of ether oxygens (including phenoxy) is 1. The molecule has 2 aromatic carbocycles. The number of aromatic nitrogens is 3. The highest BCUT2D eigenvalue weighted by Gasteiger charge is 2.34. The van der Waals surface area contributed by atoms with Crippen molar-refractivity contribution in [1.82, 2.24) is 14.8 Å². The molecule has 0 aliphatic heterocycles. The van der Waals surface area contributed by atoms with Crippen LogP contribution >= 0.6 is 0 Å². The normalized spacial score (nSPS) is 12.8. The molecule has 8 heteroatoms. The van der Waals surface area contributed by atoms with E-state index in [9.17, 15) is 17.6 Å². The van der Waals surface area contributed by atoms with Crippen molar-refractivity contribution in [3.05, 3.63) is 65.7 Å². The van der Waals surface area contributed by atoms with Crippen LogP contribution < -0.4 is 4.74 Å². The SMILES string of the molecule is C[C@H](Oc1ccc(F)cc1)c1nnc(-c2ccccc2C(F)(F)F)n1C. The van der Waals surface area contributed by atoms with Gasteiger partial charge in [-0.1, -0.05) is 18.2 Å². The van der Waals surface area contributed by atoms with Crippen LogP contribution in [0.5, 0.6) is 5.75 Å². The Labute approximate surface area is 147 Å². The summed E-state index contributed by atoms with van der Waals surface area (Å²) in [5.41, 5.74) is -0.843. The van der Waals surface area contributed by atoms with Crippen LogP contribution in [0.1, 0.15) is 24.4 Å². The summed E-state index contributed by atoms with van der Waals surface area (Å²) >= 11 is 0. The summed E-state index contributed by atoms with van der Waals surface area (Å²) in [7, 11) is 1.57. The molecule has 0 amide bonds. The third-order valence-corrected chi connectivity index (χ3v) is 3.87. The van der Waals surface area contributed by atoms with E-state index in [2.05, 4.69) is 10.2 Å². The van der Waals surface area contributed by atoms with Crippen LogP contribution in [0.25, 0.3) is 11.4 Å². The Balaban J connectivity index is 1.92. The second kappa shape index (κ2) is 6.78. The van der Waals surface area contributed by atoms with Gasteiger partial charge in [-0.15, -0.1) is 10.2 Å². The van der Waals surface area contributed by atoms with Gasteiger partial charge >= 0.3 is 6.18 Å². The molecule has 3 rings (SSSR count). The number of rotatable bonds is 4. The summed E-state index contributed by atoms with van der Waals surface area (Å²) in [6, 6.07) is 10.6. The summed E-state index contributed by atoms with van der Waals surface area (Å²) in [5.74, 6) is 0.456. The smallest absolute Gasteiger partial charge is 0.417 e. The van der Waals surface area contributed by atoms with Crippen molar-refractivity contribution in [2.24, 2.45) is 7.05 Å². The maximum Gasteiger partial charge on any atom is 0.417 e. The molecule has 136 valence electrons. The van der Waals surface area contributed by atoms with Crippen molar-refractivity contribution in [2.75, 3.05) is 0 Å². The summed E-state index contributed by atoms with van der Waals surface area (Å²) in [5, 5.41) is 7.89. The van der Waals surface area contributed by atoms with E-state index in [0.29, 0.717) is 11.6 Å². The van der Waals surface area contributed by atoms with Crippen molar-refractivity contribution < 1.29 is 22.3 Å². The highest BCUT2D eigenvalue weighted by molar-refractivity contribution is 5.61. The number of alkyl halides is 3. The Bertz CT molecular complexity index is 904. The zero-order chi connectivity index (χ0) is 18.9. The maximum atomic E-state index is 13.2. The lowest BCUT2D eigenvalue weighted by Gasteiger charge is -2.15. The molecular weight excluding hydrogens is 350 g/mol. The number of benzene rings is 2. The predicted octanol–water partition coefficient (Wildman–Crippen LogP) is 4.78. The van der Waals surface area contributed by atoms with Gasteiger partial charge in [-0.25, -0.2) is 4.39 Å². The molecule has 0 bridgehead atoms. The highest BCUT2D eigenvalue weighted by Crippen LogP contribution is 2.36. The molecule has 0 aliphatic rings. The molecule has 26 heavy (non-hydrogen) atoms. The lowest BCUT2D eigenvalue weighted by molar-refractivity contribution is -0.137. The molecule has 1 aromatic heterocycles. The lowest BCUT2D eigenvalue weighted by Crippen LogP contribution is -2.11. The van der Waals surface area contributed by atoms with E-state index < -0.39 is 23.7 Å². The van der Waals surface area contributed by atoms with Gasteiger partial charge in [0.05, 0.1) is 5.56 Å². The summed E-state index contributed by atoms with van der Waals surface area (Å²) in [6.07, 6.45) is -5.09. The quantitative estimate of drug-likeness (QED) is 0.625. The van der Waals surface area contributed by atoms with E-state index in [0.717, 1.165) is 6.07 Å². The van der Waals surface area contributed by atoms with Gasteiger partial charge in [-0.2, -0.15) is 13.2 Å². The fourth-order valence-electron chi connectivity index (χ4n) is 2.63. The fraction of sp³-hybridized carbons (Fsp3) is 0.222. The first-order valence-electron chi connectivity index (χ1n) is 7.75. The van der Waals surface area contributed by atoms with Crippen molar-refractivity contribution in [3.63, 3.8) is 0 Å². The lowest BCUT2D eigenvalue weighted by atomic mass is 10.1.